The molecule has 0 N–H and O–H groups in total. The molecular formula is C17H25NO2. The molecule has 3 heteroatoms. The first-order chi connectivity index (χ1) is 9.88. The molecule has 0 radical (unpaired) electrons. The highest BCUT2D eigenvalue weighted by Crippen LogP contribution is 2.37. The number of nitrogens with zero attached hydrogens (tertiary/aromatic N) is 1. The maximum absolute atomic E-state index is 5.98. The third-order valence-corrected chi connectivity index (χ3v) is 4.46. The van der Waals surface area contributed by atoms with Crippen LogP contribution in [0.3, 0.4) is 0 Å². The molecular weight excluding hydrogens is 250 g/mol. The third kappa shape index (κ3) is 2.93. The molecule has 1 aliphatic heterocycles. The van der Waals surface area contributed by atoms with Crippen LogP contribution in [0.2, 0.25) is 0 Å². The zero-order chi connectivity index (χ0) is 13.8. The van der Waals surface area contributed by atoms with Gasteiger partial charge < -0.3 is 14.4 Å². The number of fused-ring (bicyclic) bond motifs is 1. The molecule has 0 amide bonds. The van der Waals surface area contributed by atoms with E-state index >= 15 is 0 Å². The van der Waals surface area contributed by atoms with E-state index < -0.39 is 0 Å². The number of allylic oxidation sites excluding steroid dienone is 4. The maximum Gasteiger partial charge on any atom is 0.163 e. The molecule has 3 nitrogen and oxygen atoms in total. The van der Waals surface area contributed by atoms with Crippen molar-refractivity contribution in [3.05, 3.63) is 34.8 Å². The fourth-order valence-corrected chi connectivity index (χ4v) is 3.41. The molecule has 0 unspecified atom stereocenters. The van der Waals surface area contributed by atoms with Crippen molar-refractivity contribution < 1.29 is 9.47 Å². The van der Waals surface area contributed by atoms with Gasteiger partial charge in [0.2, 0.25) is 0 Å². The Labute approximate surface area is 121 Å². The first-order valence-electron chi connectivity index (χ1n) is 7.90. The topological polar surface area (TPSA) is 21.7 Å². The lowest BCUT2D eigenvalue weighted by Gasteiger charge is -2.21. The molecule has 0 atom stereocenters. The van der Waals surface area contributed by atoms with Crippen LogP contribution in [0.1, 0.15) is 38.5 Å². The van der Waals surface area contributed by atoms with Gasteiger partial charge in [-0.05, 0) is 63.3 Å². The van der Waals surface area contributed by atoms with Crippen LogP contribution in [-0.2, 0) is 9.47 Å². The normalized spacial score (nSPS) is 22.6. The van der Waals surface area contributed by atoms with Crippen LogP contribution in [0.4, 0.5) is 0 Å². The number of likely N-dealkylation sites (tertiary alicyclic amines) is 1. The minimum Gasteiger partial charge on any atom is -0.493 e. The van der Waals surface area contributed by atoms with Crippen LogP contribution >= 0.6 is 0 Å². The third-order valence-electron chi connectivity index (χ3n) is 4.46. The van der Waals surface area contributed by atoms with Crippen molar-refractivity contribution in [3.8, 4) is 0 Å². The molecule has 0 saturated carbocycles. The van der Waals surface area contributed by atoms with Crippen LogP contribution in [0.25, 0.3) is 0 Å². The van der Waals surface area contributed by atoms with E-state index in [0.717, 1.165) is 50.4 Å². The fraction of sp³-hybridized carbons (Fsp3) is 0.647. The zero-order valence-electron chi connectivity index (χ0n) is 12.5. The number of hydrogen-bond acceptors (Lipinski definition) is 3. The van der Waals surface area contributed by atoms with Gasteiger partial charge in [0.1, 0.15) is 0 Å². The molecule has 0 spiro atoms. The van der Waals surface area contributed by atoms with Gasteiger partial charge in [0, 0.05) is 12.1 Å². The van der Waals surface area contributed by atoms with Crippen molar-refractivity contribution in [2.75, 3.05) is 33.4 Å². The number of methoxy groups -OCH3 is 1. The summed E-state index contributed by atoms with van der Waals surface area (Å²) in [5.41, 5.74) is 2.80. The quantitative estimate of drug-likeness (QED) is 0.694. The molecule has 20 heavy (non-hydrogen) atoms. The average molecular weight is 275 g/mol. The Morgan fingerprint density at radius 2 is 2.05 bits per heavy atom. The first-order valence-corrected chi connectivity index (χ1v) is 7.90. The summed E-state index contributed by atoms with van der Waals surface area (Å²) in [4.78, 5) is 2.53. The molecule has 2 aliphatic carbocycles. The minimum atomic E-state index is 0.793. The largest absolute Gasteiger partial charge is 0.493 e. The van der Waals surface area contributed by atoms with E-state index in [2.05, 4.69) is 17.1 Å². The van der Waals surface area contributed by atoms with Gasteiger partial charge in [-0.1, -0.05) is 6.08 Å². The maximum atomic E-state index is 5.98. The van der Waals surface area contributed by atoms with Gasteiger partial charge in [-0.3, -0.25) is 0 Å². The molecule has 0 aromatic rings. The molecule has 0 aromatic carbocycles. The van der Waals surface area contributed by atoms with E-state index in [1.807, 2.05) is 0 Å². The molecule has 3 aliphatic rings. The Morgan fingerprint density at radius 1 is 1.20 bits per heavy atom. The van der Waals surface area contributed by atoms with E-state index in [1.54, 1.807) is 7.11 Å². The summed E-state index contributed by atoms with van der Waals surface area (Å²) in [6.45, 7) is 4.49. The standard InChI is InChI=1S/C17H25NO2/c1-19-17-15-7-4-6-14(15)8-9-16(17)20-13-5-12-18-10-2-3-11-18/h6,9H,2-5,7-8,10-13H2,1H3. The molecule has 1 fully saturated rings. The van der Waals surface area contributed by atoms with Crippen molar-refractivity contribution in [2.24, 2.45) is 0 Å². The zero-order valence-corrected chi connectivity index (χ0v) is 12.5. The smallest absolute Gasteiger partial charge is 0.163 e. The van der Waals surface area contributed by atoms with E-state index in [0.29, 0.717) is 0 Å². The summed E-state index contributed by atoms with van der Waals surface area (Å²) in [6, 6.07) is 0. The Morgan fingerprint density at radius 3 is 2.85 bits per heavy atom. The number of rotatable bonds is 6. The number of ether oxygens (including phenoxy) is 2. The minimum absolute atomic E-state index is 0.793. The Kier molecular flexibility index (Phi) is 4.46. The second-order valence-electron chi connectivity index (χ2n) is 5.80. The van der Waals surface area contributed by atoms with E-state index in [1.165, 1.54) is 37.1 Å². The van der Waals surface area contributed by atoms with Crippen LogP contribution in [0.15, 0.2) is 34.8 Å². The van der Waals surface area contributed by atoms with Crippen LogP contribution in [0, 0.1) is 0 Å². The lowest BCUT2D eigenvalue weighted by atomic mass is 9.98. The summed E-state index contributed by atoms with van der Waals surface area (Å²) in [6.07, 6.45) is 11.6. The first kappa shape index (κ1) is 13.7. The van der Waals surface area contributed by atoms with Crippen molar-refractivity contribution in [3.63, 3.8) is 0 Å². The predicted octanol–water partition coefficient (Wildman–Crippen LogP) is 3.40. The predicted molar refractivity (Wildman–Crippen MR) is 80.3 cm³/mol. The SMILES string of the molecule is COC1=C2CCC=C2CC=C1OCCCN1CCCC1. The van der Waals surface area contributed by atoms with Crippen molar-refractivity contribution in [1.29, 1.82) is 0 Å². The van der Waals surface area contributed by atoms with Gasteiger partial charge in [0.15, 0.2) is 11.5 Å². The molecule has 3 rings (SSSR count). The second kappa shape index (κ2) is 6.49. The van der Waals surface area contributed by atoms with Gasteiger partial charge >= 0.3 is 0 Å². The second-order valence-corrected chi connectivity index (χ2v) is 5.80. The van der Waals surface area contributed by atoms with Crippen LogP contribution in [-0.4, -0.2) is 38.3 Å². The molecule has 0 aromatic heterocycles. The molecule has 1 heterocycles. The van der Waals surface area contributed by atoms with Gasteiger partial charge in [0.05, 0.1) is 13.7 Å². The average Bonchev–Trinajstić information content (AvgIpc) is 3.13. The van der Waals surface area contributed by atoms with Gasteiger partial charge in [0.25, 0.3) is 0 Å². The Hall–Kier alpha value is -1.22. The highest BCUT2D eigenvalue weighted by Gasteiger charge is 2.24. The Balaban J connectivity index is 1.49. The van der Waals surface area contributed by atoms with Crippen LogP contribution in [0.5, 0.6) is 0 Å². The number of hydrogen-bond donors (Lipinski definition) is 0. The summed E-state index contributed by atoms with van der Waals surface area (Å²) in [5.74, 6) is 1.93. The molecule has 110 valence electrons. The van der Waals surface area contributed by atoms with E-state index in [9.17, 15) is 0 Å². The van der Waals surface area contributed by atoms with Crippen molar-refractivity contribution in [1.82, 2.24) is 4.90 Å². The lowest BCUT2D eigenvalue weighted by Crippen LogP contribution is -2.21. The van der Waals surface area contributed by atoms with Crippen molar-refractivity contribution in [2.45, 2.75) is 38.5 Å². The van der Waals surface area contributed by atoms with Crippen LogP contribution < -0.4 is 0 Å². The summed E-state index contributed by atoms with van der Waals surface area (Å²) in [5, 5.41) is 0. The van der Waals surface area contributed by atoms with Gasteiger partial charge in [-0.25, -0.2) is 0 Å². The summed E-state index contributed by atoms with van der Waals surface area (Å²) < 4.78 is 11.6. The molecule has 1 saturated heterocycles. The van der Waals surface area contributed by atoms with E-state index in [4.69, 9.17) is 9.47 Å². The Bertz CT molecular complexity index is 442. The fourth-order valence-electron chi connectivity index (χ4n) is 3.41. The summed E-state index contributed by atoms with van der Waals surface area (Å²) >= 11 is 0. The summed E-state index contributed by atoms with van der Waals surface area (Å²) in [7, 11) is 1.75. The monoisotopic (exact) mass is 275 g/mol. The molecule has 0 bridgehead atoms. The van der Waals surface area contributed by atoms with Gasteiger partial charge in [-0.2, -0.15) is 0 Å². The highest BCUT2D eigenvalue weighted by molar-refractivity contribution is 5.48. The van der Waals surface area contributed by atoms with Gasteiger partial charge in [-0.15, -0.1) is 0 Å². The van der Waals surface area contributed by atoms with E-state index in [-0.39, 0.29) is 0 Å². The highest BCUT2D eigenvalue weighted by atomic mass is 16.5. The van der Waals surface area contributed by atoms with Crippen molar-refractivity contribution >= 4 is 0 Å². The lowest BCUT2D eigenvalue weighted by molar-refractivity contribution is 0.160.